The van der Waals surface area contributed by atoms with Crippen molar-refractivity contribution >= 4 is 28.7 Å². The van der Waals surface area contributed by atoms with E-state index in [4.69, 9.17) is 4.98 Å². The Morgan fingerprint density at radius 1 is 1.05 bits per heavy atom. The molecule has 1 saturated carbocycles. The first-order chi connectivity index (χ1) is 19.7. The summed E-state index contributed by atoms with van der Waals surface area (Å²) >= 11 is 0. The van der Waals surface area contributed by atoms with Crippen LogP contribution in [0.4, 0.5) is 5.82 Å². The van der Waals surface area contributed by atoms with Crippen molar-refractivity contribution in [2.75, 3.05) is 18.0 Å². The van der Waals surface area contributed by atoms with Crippen molar-refractivity contribution in [3.8, 4) is 0 Å². The van der Waals surface area contributed by atoms with Crippen LogP contribution in [0.25, 0.3) is 11.0 Å². The van der Waals surface area contributed by atoms with Gasteiger partial charge >= 0.3 is 5.97 Å². The number of nitrogens with one attached hydrogen (secondary N) is 1. The molecule has 2 saturated heterocycles. The molecule has 3 aliphatic rings. The van der Waals surface area contributed by atoms with Crippen molar-refractivity contribution < 1.29 is 14.7 Å². The van der Waals surface area contributed by atoms with Crippen molar-refractivity contribution in [2.45, 2.75) is 128 Å². The van der Waals surface area contributed by atoms with Crippen LogP contribution in [0.3, 0.4) is 0 Å². The Bertz CT molecular complexity index is 1290. The minimum atomic E-state index is -1.31. The molecule has 1 unspecified atom stereocenters. The summed E-state index contributed by atoms with van der Waals surface area (Å²) in [6, 6.07) is 9.48. The quantitative estimate of drug-likeness (QED) is 0.493. The van der Waals surface area contributed by atoms with E-state index in [0.717, 1.165) is 17.5 Å². The van der Waals surface area contributed by atoms with Crippen LogP contribution >= 0.6 is 0 Å². The molecule has 0 radical (unpaired) electrons. The van der Waals surface area contributed by atoms with E-state index in [1.807, 2.05) is 33.7 Å². The number of amides is 1. The molecule has 3 fully saturated rings. The van der Waals surface area contributed by atoms with Crippen molar-refractivity contribution in [1.82, 2.24) is 19.8 Å². The molecular weight excluding hydrogens is 518 g/mol. The first kappa shape index (κ1) is 29.5. The second kappa shape index (κ2) is 12.5. The average molecular weight is 566 g/mol. The summed E-state index contributed by atoms with van der Waals surface area (Å²) in [5, 5.41) is 12.5. The number of nitrogens with zero attached hydrogens (tertiary/aromatic N) is 4. The van der Waals surface area contributed by atoms with E-state index >= 15 is 0 Å². The number of anilines is 1. The van der Waals surface area contributed by atoms with Crippen LogP contribution in [0.15, 0.2) is 29.1 Å². The molecule has 224 valence electrons. The van der Waals surface area contributed by atoms with Crippen LogP contribution in [0.1, 0.15) is 104 Å². The highest BCUT2D eigenvalue weighted by molar-refractivity contribution is 5.86. The maximum Gasteiger partial charge on any atom is 0.329 e. The standard InChI is InChI=1S/C32H47N5O4/c1-22-15-16-26(36(22)25-11-7-5-4-6-8-12-25)21-23(2)37-28-14-10-9-13-27(28)33-29(30(37)39)35-19-17-32(18-20-35,31(40)41)34-24(3)38/h9-10,13-14,22-23,25-26H,4-8,11-12,15-21H2,1-3H3,(H,34,38)(H,40,41)/t22?,23-,26-/m0/s1. The number of likely N-dealkylation sites (tertiary alicyclic amines) is 1. The smallest absolute Gasteiger partial charge is 0.329 e. The van der Waals surface area contributed by atoms with Gasteiger partial charge in [-0.25, -0.2) is 9.78 Å². The average Bonchev–Trinajstić information content (AvgIpc) is 3.27. The van der Waals surface area contributed by atoms with E-state index in [0.29, 0.717) is 37.0 Å². The number of para-hydroxylation sites is 2. The molecule has 0 spiro atoms. The molecule has 1 aliphatic carbocycles. The first-order valence-corrected chi connectivity index (χ1v) is 15.8. The molecule has 3 atom stereocenters. The lowest BCUT2D eigenvalue weighted by molar-refractivity contribution is -0.148. The number of carbonyl (C=O) groups excluding carboxylic acids is 1. The second-order valence-electron chi connectivity index (χ2n) is 12.8. The summed E-state index contributed by atoms with van der Waals surface area (Å²) in [5.74, 6) is -1.03. The van der Waals surface area contributed by atoms with E-state index in [1.54, 1.807) is 0 Å². The Kier molecular flexibility index (Phi) is 9.02. The number of rotatable bonds is 7. The van der Waals surface area contributed by atoms with Crippen molar-refractivity contribution in [3.05, 3.63) is 34.6 Å². The summed E-state index contributed by atoms with van der Waals surface area (Å²) in [5.41, 5.74) is 0.169. The van der Waals surface area contributed by atoms with Gasteiger partial charge in [-0.2, -0.15) is 0 Å². The molecule has 2 aromatic rings. The van der Waals surface area contributed by atoms with Crippen LogP contribution in [0.2, 0.25) is 0 Å². The van der Waals surface area contributed by atoms with Crippen LogP contribution in [0, 0.1) is 0 Å². The Morgan fingerprint density at radius 3 is 2.37 bits per heavy atom. The van der Waals surface area contributed by atoms with Gasteiger partial charge < -0.3 is 19.9 Å². The van der Waals surface area contributed by atoms with Crippen LogP contribution < -0.4 is 15.8 Å². The monoisotopic (exact) mass is 565 g/mol. The Labute approximate surface area is 243 Å². The van der Waals surface area contributed by atoms with Gasteiger partial charge in [0.1, 0.15) is 5.54 Å². The normalized spacial score (nSPS) is 25.0. The molecule has 41 heavy (non-hydrogen) atoms. The fourth-order valence-corrected chi connectivity index (χ4v) is 7.84. The zero-order valence-electron chi connectivity index (χ0n) is 25.0. The predicted molar refractivity (Wildman–Crippen MR) is 161 cm³/mol. The number of hydrogen-bond donors (Lipinski definition) is 2. The lowest BCUT2D eigenvalue weighted by atomic mass is 9.87. The molecular formula is C32H47N5O4. The highest BCUT2D eigenvalue weighted by Crippen LogP contribution is 2.36. The van der Waals surface area contributed by atoms with Gasteiger partial charge in [0.2, 0.25) is 5.91 Å². The van der Waals surface area contributed by atoms with E-state index < -0.39 is 11.5 Å². The Morgan fingerprint density at radius 2 is 1.71 bits per heavy atom. The molecule has 1 amide bonds. The summed E-state index contributed by atoms with van der Waals surface area (Å²) in [6.45, 7) is 6.54. The van der Waals surface area contributed by atoms with E-state index in [1.165, 1.54) is 64.7 Å². The van der Waals surface area contributed by atoms with Crippen LogP contribution in [-0.2, 0) is 9.59 Å². The fraction of sp³-hybridized carbons (Fsp3) is 0.688. The highest BCUT2D eigenvalue weighted by Gasteiger charge is 2.43. The van der Waals surface area contributed by atoms with Crippen molar-refractivity contribution in [3.63, 3.8) is 0 Å². The van der Waals surface area contributed by atoms with E-state index in [9.17, 15) is 19.5 Å². The summed E-state index contributed by atoms with van der Waals surface area (Å²) in [6.07, 6.45) is 13.0. The summed E-state index contributed by atoms with van der Waals surface area (Å²) < 4.78 is 1.93. The molecule has 9 nitrogen and oxygen atoms in total. The van der Waals surface area contributed by atoms with Crippen molar-refractivity contribution in [2.24, 2.45) is 0 Å². The van der Waals surface area contributed by atoms with Crippen LogP contribution in [0.5, 0.6) is 0 Å². The number of aromatic nitrogens is 2. The summed E-state index contributed by atoms with van der Waals surface area (Å²) in [7, 11) is 0. The maximum absolute atomic E-state index is 14.2. The molecule has 2 N–H and O–H groups in total. The molecule has 3 heterocycles. The first-order valence-electron chi connectivity index (χ1n) is 15.8. The largest absolute Gasteiger partial charge is 0.480 e. The molecule has 0 bridgehead atoms. The zero-order chi connectivity index (χ0) is 29.1. The topological polar surface area (TPSA) is 108 Å². The molecule has 1 aromatic heterocycles. The number of carbonyl (C=O) groups is 2. The van der Waals surface area contributed by atoms with E-state index in [2.05, 4.69) is 24.1 Å². The number of carboxylic acid groups (broad SMARTS) is 1. The maximum atomic E-state index is 14.2. The highest BCUT2D eigenvalue weighted by atomic mass is 16.4. The van der Waals surface area contributed by atoms with Gasteiger partial charge in [-0.15, -0.1) is 0 Å². The predicted octanol–water partition coefficient (Wildman–Crippen LogP) is 4.87. The minimum Gasteiger partial charge on any atom is -0.480 e. The van der Waals surface area contributed by atoms with Crippen LogP contribution in [-0.4, -0.2) is 68.2 Å². The molecule has 9 heteroatoms. The number of hydrogen-bond acceptors (Lipinski definition) is 6. The molecule has 1 aromatic carbocycles. The van der Waals surface area contributed by atoms with Gasteiger partial charge in [0, 0.05) is 44.2 Å². The van der Waals surface area contributed by atoms with Gasteiger partial charge in [-0.3, -0.25) is 14.5 Å². The second-order valence-corrected chi connectivity index (χ2v) is 12.8. The third kappa shape index (κ3) is 6.15. The molecule has 2 aliphatic heterocycles. The van der Waals surface area contributed by atoms with Gasteiger partial charge in [-0.05, 0) is 70.9 Å². The third-order valence-electron chi connectivity index (χ3n) is 9.92. The van der Waals surface area contributed by atoms with Gasteiger partial charge in [-0.1, -0.05) is 44.2 Å². The number of fused-ring (bicyclic) bond motifs is 1. The Balaban J connectivity index is 1.41. The lowest BCUT2D eigenvalue weighted by Gasteiger charge is -2.40. The lowest BCUT2D eigenvalue weighted by Crippen LogP contribution is -2.60. The van der Waals surface area contributed by atoms with Crippen molar-refractivity contribution in [1.29, 1.82) is 0 Å². The number of carboxylic acids is 1. The third-order valence-corrected chi connectivity index (χ3v) is 9.92. The molecule has 5 rings (SSSR count). The number of aliphatic carboxylic acids is 1. The number of piperidine rings is 1. The van der Waals surface area contributed by atoms with Gasteiger partial charge in [0.25, 0.3) is 5.56 Å². The fourth-order valence-electron chi connectivity index (χ4n) is 7.84. The van der Waals surface area contributed by atoms with E-state index in [-0.39, 0.29) is 30.3 Å². The summed E-state index contributed by atoms with van der Waals surface area (Å²) in [4.78, 5) is 47.5. The SMILES string of the molecule is CC(=O)NC1(C(=O)O)CCN(c2nc3ccccc3n([C@@H](C)C[C@@H]3CCC(C)N3C3CCCCCCC3)c2=O)CC1. The van der Waals surface area contributed by atoms with Gasteiger partial charge in [0.15, 0.2) is 5.82 Å². The minimum absolute atomic E-state index is 0.0113. The number of benzene rings is 1. The Hall–Kier alpha value is -2.94. The zero-order valence-corrected chi connectivity index (χ0v) is 25.0. The van der Waals surface area contributed by atoms with Gasteiger partial charge in [0.05, 0.1) is 11.0 Å².